The Balaban J connectivity index is 1.37. The second-order valence-electron chi connectivity index (χ2n) is 8.01. The Morgan fingerprint density at radius 1 is 1.00 bits per heavy atom. The van der Waals surface area contributed by atoms with E-state index in [-0.39, 0.29) is 34.8 Å². The van der Waals surface area contributed by atoms with E-state index >= 15 is 0 Å². The zero-order chi connectivity index (χ0) is 22.2. The molecule has 2 N–H and O–H groups in total. The molecule has 2 aliphatic rings. The summed E-state index contributed by atoms with van der Waals surface area (Å²) in [5.74, 6) is -1.46. The normalized spacial score (nSPS) is 16.3. The summed E-state index contributed by atoms with van der Waals surface area (Å²) < 4.78 is 4.51. The lowest BCUT2D eigenvalue weighted by atomic mass is 9.94. The van der Waals surface area contributed by atoms with Gasteiger partial charge in [-0.1, -0.05) is 36.6 Å². The van der Waals surface area contributed by atoms with Gasteiger partial charge in [-0.05, 0) is 43.2 Å². The fourth-order valence-corrected chi connectivity index (χ4v) is 4.37. The molecule has 9 nitrogen and oxygen atoms in total. The Morgan fingerprint density at radius 3 is 2.53 bits per heavy atom. The first-order valence-electron chi connectivity index (χ1n) is 10.5. The lowest BCUT2D eigenvalue weighted by molar-refractivity contribution is 0.0549. The van der Waals surface area contributed by atoms with E-state index in [4.69, 9.17) is 0 Å². The molecule has 9 heteroatoms. The highest BCUT2D eigenvalue weighted by molar-refractivity contribution is 6.22. The van der Waals surface area contributed by atoms with Gasteiger partial charge in [0.15, 0.2) is 5.82 Å². The standard InChI is InChI=1S/C23H20N4O5/c28-20(24-15-6-4-5-13(11-15)19-25-23(31)32-26-19)14-9-10-17-18(12-14)22(30)27(21(17)29)16-7-2-1-3-8-16/h4-6,9-12,16H,1-3,7-8H2,(H,24,28)(H,25,26,31). The number of anilines is 1. The predicted octanol–water partition coefficient (Wildman–Crippen LogP) is 3.21. The molecule has 1 saturated carbocycles. The van der Waals surface area contributed by atoms with Gasteiger partial charge >= 0.3 is 5.76 Å². The van der Waals surface area contributed by atoms with Crippen LogP contribution in [0.5, 0.6) is 0 Å². The molecule has 0 bridgehead atoms. The third-order valence-corrected chi connectivity index (χ3v) is 5.95. The van der Waals surface area contributed by atoms with Gasteiger partial charge in [-0.15, -0.1) is 0 Å². The van der Waals surface area contributed by atoms with Crippen molar-refractivity contribution in [3.8, 4) is 11.4 Å². The van der Waals surface area contributed by atoms with Crippen LogP contribution in [-0.4, -0.2) is 38.8 Å². The number of nitrogens with one attached hydrogen (secondary N) is 2. The van der Waals surface area contributed by atoms with Crippen LogP contribution in [0.2, 0.25) is 0 Å². The van der Waals surface area contributed by atoms with Crippen molar-refractivity contribution in [2.75, 3.05) is 5.32 Å². The third-order valence-electron chi connectivity index (χ3n) is 5.95. The van der Waals surface area contributed by atoms with E-state index in [1.165, 1.54) is 11.0 Å². The minimum atomic E-state index is -0.672. The van der Waals surface area contributed by atoms with Crippen molar-refractivity contribution in [2.24, 2.45) is 0 Å². The first-order valence-corrected chi connectivity index (χ1v) is 10.5. The Kier molecular flexibility index (Phi) is 4.93. The summed E-state index contributed by atoms with van der Waals surface area (Å²) in [6, 6.07) is 11.2. The lowest BCUT2D eigenvalue weighted by Gasteiger charge is -2.29. The van der Waals surface area contributed by atoms with Gasteiger partial charge < -0.3 is 5.32 Å². The Morgan fingerprint density at radius 2 is 1.78 bits per heavy atom. The smallest absolute Gasteiger partial charge is 0.322 e. The van der Waals surface area contributed by atoms with Gasteiger partial charge in [-0.25, -0.2) is 4.79 Å². The monoisotopic (exact) mass is 432 g/mol. The summed E-state index contributed by atoms with van der Waals surface area (Å²) in [4.78, 5) is 53.6. The zero-order valence-corrected chi connectivity index (χ0v) is 17.1. The molecule has 32 heavy (non-hydrogen) atoms. The number of fused-ring (bicyclic) bond motifs is 1. The largest absolute Gasteiger partial charge is 0.439 e. The van der Waals surface area contributed by atoms with Crippen molar-refractivity contribution in [3.05, 3.63) is 69.7 Å². The molecule has 3 aromatic rings. The minimum absolute atomic E-state index is 0.0702. The molecule has 162 valence electrons. The number of imide groups is 1. The van der Waals surface area contributed by atoms with Gasteiger partial charge in [0, 0.05) is 22.9 Å². The van der Waals surface area contributed by atoms with Gasteiger partial charge in [0.2, 0.25) is 0 Å². The van der Waals surface area contributed by atoms with Gasteiger partial charge in [-0.3, -0.25) is 28.8 Å². The molecule has 1 aliphatic heterocycles. The number of H-pyrrole nitrogens is 1. The fourth-order valence-electron chi connectivity index (χ4n) is 4.37. The van der Waals surface area contributed by atoms with Crippen molar-refractivity contribution >= 4 is 23.4 Å². The highest BCUT2D eigenvalue weighted by Crippen LogP contribution is 2.31. The molecule has 1 fully saturated rings. The van der Waals surface area contributed by atoms with Crippen LogP contribution in [0.3, 0.4) is 0 Å². The summed E-state index contributed by atoms with van der Waals surface area (Å²) in [5, 5.41) is 6.40. The maximum Gasteiger partial charge on any atom is 0.439 e. The van der Waals surface area contributed by atoms with Crippen LogP contribution in [0.1, 0.15) is 63.2 Å². The first-order chi connectivity index (χ1) is 15.5. The van der Waals surface area contributed by atoms with E-state index in [0.29, 0.717) is 16.8 Å². The molecular weight excluding hydrogens is 412 g/mol. The average molecular weight is 432 g/mol. The maximum absolute atomic E-state index is 13.0. The number of hydrogen-bond acceptors (Lipinski definition) is 6. The molecule has 2 aromatic carbocycles. The summed E-state index contributed by atoms with van der Waals surface area (Å²) in [7, 11) is 0. The van der Waals surface area contributed by atoms with Crippen molar-refractivity contribution in [1.29, 1.82) is 0 Å². The van der Waals surface area contributed by atoms with Crippen LogP contribution < -0.4 is 11.1 Å². The molecule has 1 aliphatic carbocycles. The van der Waals surface area contributed by atoms with E-state index in [2.05, 4.69) is 20.0 Å². The van der Waals surface area contributed by atoms with Crippen LogP contribution in [0.25, 0.3) is 11.4 Å². The number of rotatable bonds is 4. The number of aromatic amines is 1. The van der Waals surface area contributed by atoms with Crippen LogP contribution in [-0.2, 0) is 0 Å². The van der Waals surface area contributed by atoms with Crippen LogP contribution in [0.15, 0.2) is 51.8 Å². The number of carbonyl (C=O) groups excluding carboxylic acids is 3. The van der Waals surface area contributed by atoms with Crippen molar-refractivity contribution in [3.63, 3.8) is 0 Å². The van der Waals surface area contributed by atoms with Crippen LogP contribution >= 0.6 is 0 Å². The highest BCUT2D eigenvalue weighted by atomic mass is 16.5. The number of hydrogen-bond donors (Lipinski definition) is 2. The number of amides is 3. The Bertz CT molecular complexity index is 1290. The lowest BCUT2D eigenvalue weighted by Crippen LogP contribution is -2.40. The Labute approximate surface area is 182 Å². The molecular formula is C23H20N4O5. The van der Waals surface area contributed by atoms with Gasteiger partial charge in [-0.2, -0.15) is 0 Å². The molecule has 5 rings (SSSR count). The number of benzene rings is 2. The molecule has 2 heterocycles. The molecule has 0 radical (unpaired) electrons. The van der Waals surface area contributed by atoms with E-state index in [0.717, 1.165) is 32.1 Å². The summed E-state index contributed by atoms with van der Waals surface area (Å²) in [6.45, 7) is 0. The van der Waals surface area contributed by atoms with Gasteiger partial charge in [0.1, 0.15) is 0 Å². The van der Waals surface area contributed by atoms with Crippen molar-refractivity contribution < 1.29 is 18.9 Å². The molecule has 0 spiro atoms. The van der Waals surface area contributed by atoms with Crippen LogP contribution in [0.4, 0.5) is 5.69 Å². The van der Waals surface area contributed by atoms with Gasteiger partial charge in [0.25, 0.3) is 17.7 Å². The van der Waals surface area contributed by atoms with E-state index < -0.39 is 11.7 Å². The zero-order valence-electron chi connectivity index (χ0n) is 17.1. The fraction of sp³-hybridized carbons (Fsp3) is 0.261. The Hall–Kier alpha value is -4.01. The topological polar surface area (TPSA) is 125 Å². The number of carbonyl (C=O) groups is 3. The molecule has 0 unspecified atom stereocenters. The molecule has 3 amide bonds. The molecule has 1 aromatic heterocycles. The summed E-state index contributed by atoms with van der Waals surface area (Å²) in [5.41, 5.74) is 1.92. The van der Waals surface area contributed by atoms with E-state index in [1.807, 2.05) is 0 Å². The van der Waals surface area contributed by atoms with Gasteiger partial charge in [0.05, 0.1) is 11.1 Å². The quantitative estimate of drug-likeness (QED) is 0.610. The average Bonchev–Trinajstić information content (AvgIpc) is 3.35. The second kappa shape index (κ2) is 7.92. The van der Waals surface area contributed by atoms with Crippen molar-refractivity contribution in [2.45, 2.75) is 38.1 Å². The second-order valence-corrected chi connectivity index (χ2v) is 8.01. The molecule has 0 atom stereocenters. The minimum Gasteiger partial charge on any atom is -0.322 e. The molecule has 0 saturated heterocycles. The van der Waals surface area contributed by atoms with Crippen LogP contribution in [0, 0.1) is 0 Å². The van der Waals surface area contributed by atoms with Crippen molar-refractivity contribution in [1.82, 2.24) is 15.0 Å². The SMILES string of the molecule is O=C(Nc1cccc(-c2noc(=O)[nH]2)c1)c1ccc2c(c1)C(=O)N(C1CCCCC1)C2=O. The summed E-state index contributed by atoms with van der Waals surface area (Å²) >= 11 is 0. The van der Waals surface area contributed by atoms with E-state index in [1.54, 1.807) is 36.4 Å². The predicted molar refractivity (Wildman–Crippen MR) is 114 cm³/mol. The number of nitrogens with zero attached hydrogens (tertiary/aromatic N) is 2. The summed E-state index contributed by atoms with van der Waals surface area (Å²) in [6.07, 6.45) is 4.79. The highest BCUT2D eigenvalue weighted by Gasteiger charge is 2.40. The third kappa shape index (κ3) is 3.51. The van der Waals surface area contributed by atoms with E-state index in [9.17, 15) is 19.2 Å². The first kappa shape index (κ1) is 19.9. The number of aromatic nitrogens is 2. The maximum atomic E-state index is 13.0.